The SMILES string of the molecule is COc1cc2cc(S(N)(=O)=O)sc2cc1OC. The van der Waals surface area contributed by atoms with Crippen LogP contribution in [0.4, 0.5) is 0 Å². The smallest absolute Gasteiger partial charge is 0.247 e. The molecule has 1 heterocycles. The highest BCUT2D eigenvalue weighted by Crippen LogP contribution is 2.37. The van der Waals surface area contributed by atoms with Crippen molar-refractivity contribution in [3.8, 4) is 11.5 Å². The summed E-state index contributed by atoms with van der Waals surface area (Å²) in [5.74, 6) is 1.11. The molecule has 92 valence electrons. The summed E-state index contributed by atoms with van der Waals surface area (Å²) < 4.78 is 33.7. The first-order valence-corrected chi connectivity index (χ1v) is 7.00. The number of thiophene rings is 1. The van der Waals surface area contributed by atoms with E-state index in [-0.39, 0.29) is 4.21 Å². The minimum absolute atomic E-state index is 0.128. The fraction of sp³-hybridized carbons (Fsp3) is 0.200. The van der Waals surface area contributed by atoms with Gasteiger partial charge in [-0.25, -0.2) is 13.6 Å². The van der Waals surface area contributed by atoms with Gasteiger partial charge in [0.1, 0.15) is 4.21 Å². The highest BCUT2D eigenvalue weighted by atomic mass is 32.2. The largest absolute Gasteiger partial charge is 0.493 e. The number of hydrogen-bond donors (Lipinski definition) is 1. The second kappa shape index (κ2) is 4.17. The van der Waals surface area contributed by atoms with Crippen LogP contribution >= 0.6 is 11.3 Å². The fourth-order valence-corrected chi connectivity index (χ4v) is 3.31. The Kier molecular flexibility index (Phi) is 2.98. The van der Waals surface area contributed by atoms with Crippen molar-refractivity contribution in [1.82, 2.24) is 0 Å². The first-order valence-electron chi connectivity index (χ1n) is 4.64. The summed E-state index contributed by atoms with van der Waals surface area (Å²) in [6, 6.07) is 4.98. The molecule has 1 aromatic carbocycles. The van der Waals surface area contributed by atoms with Gasteiger partial charge in [-0.3, -0.25) is 0 Å². The van der Waals surface area contributed by atoms with Crippen molar-refractivity contribution in [2.45, 2.75) is 4.21 Å². The van der Waals surface area contributed by atoms with E-state index in [0.717, 1.165) is 21.4 Å². The highest BCUT2D eigenvalue weighted by Gasteiger charge is 2.14. The van der Waals surface area contributed by atoms with E-state index in [2.05, 4.69) is 0 Å². The van der Waals surface area contributed by atoms with Gasteiger partial charge in [0.15, 0.2) is 11.5 Å². The summed E-state index contributed by atoms with van der Waals surface area (Å²) in [6.45, 7) is 0. The summed E-state index contributed by atoms with van der Waals surface area (Å²) >= 11 is 1.10. The van der Waals surface area contributed by atoms with Gasteiger partial charge in [0.05, 0.1) is 14.2 Å². The molecule has 0 unspecified atom stereocenters. The van der Waals surface area contributed by atoms with Crippen LogP contribution in [0.25, 0.3) is 10.1 Å². The molecule has 1 aromatic heterocycles. The number of benzene rings is 1. The number of primary sulfonamides is 1. The Balaban J connectivity index is 2.70. The molecule has 0 amide bonds. The molecule has 5 nitrogen and oxygen atoms in total. The van der Waals surface area contributed by atoms with E-state index in [9.17, 15) is 8.42 Å². The quantitative estimate of drug-likeness (QED) is 0.920. The number of methoxy groups -OCH3 is 2. The van der Waals surface area contributed by atoms with Crippen LogP contribution in [-0.4, -0.2) is 22.6 Å². The number of ether oxygens (including phenoxy) is 2. The van der Waals surface area contributed by atoms with Gasteiger partial charge in [-0.15, -0.1) is 11.3 Å². The van der Waals surface area contributed by atoms with Crippen LogP contribution in [0, 0.1) is 0 Å². The first-order chi connectivity index (χ1) is 7.95. The average molecular weight is 273 g/mol. The van der Waals surface area contributed by atoms with Crippen LogP contribution < -0.4 is 14.6 Å². The van der Waals surface area contributed by atoms with Crippen molar-refractivity contribution in [3.63, 3.8) is 0 Å². The molecule has 0 fully saturated rings. The van der Waals surface area contributed by atoms with Crippen molar-refractivity contribution >= 4 is 31.4 Å². The van der Waals surface area contributed by atoms with Crippen LogP contribution in [0.1, 0.15) is 0 Å². The van der Waals surface area contributed by atoms with Crippen molar-refractivity contribution in [1.29, 1.82) is 0 Å². The van der Waals surface area contributed by atoms with Crippen LogP contribution in [0.15, 0.2) is 22.4 Å². The summed E-state index contributed by atoms with van der Waals surface area (Å²) in [4.78, 5) is 0. The molecule has 0 spiro atoms. The van der Waals surface area contributed by atoms with Crippen LogP contribution in [0.2, 0.25) is 0 Å². The van der Waals surface area contributed by atoms with Crippen molar-refractivity contribution in [3.05, 3.63) is 18.2 Å². The highest BCUT2D eigenvalue weighted by molar-refractivity contribution is 7.91. The van der Waals surface area contributed by atoms with Crippen molar-refractivity contribution in [2.24, 2.45) is 5.14 Å². The fourth-order valence-electron chi connectivity index (χ4n) is 1.48. The first kappa shape index (κ1) is 12.2. The van der Waals surface area contributed by atoms with Gasteiger partial charge in [0.25, 0.3) is 0 Å². The molecule has 17 heavy (non-hydrogen) atoms. The number of sulfonamides is 1. The second-order valence-electron chi connectivity index (χ2n) is 3.36. The Morgan fingerprint density at radius 3 is 2.24 bits per heavy atom. The van der Waals surface area contributed by atoms with Gasteiger partial charge >= 0.3 is 0 Å². The van der Waals surface area contributed by atoms with Gasteiger partial charge < -0.3 is 9.47 Å². The standard InChI is InChI=1S/C10H11NO4S2/c1-14-7-3-6-4-10(17(11,12)13)16-9(6)5-8(7)15-2/h3-5H,1-2H3,(H2,11,12,13). The van der Waals surface area contributed by atoms with Crippen molar-refractivity contribution < 1.29 is 17.9 Å². The third-order valence-electron chi connectivity index (χ3n) is 2.28. The summed E-state index contributed by atoms with van der Waals surface area (Å²) in [6.07, 6.45) is 0. The molecule has 2 N–H and O–H groups in total. The van der Waals surface area contributed by atoms with E-state index in [1.54, 1.807) is 12.1 Å². The normalized spacial score (nSPS) is 11.7. The third kappa shape index (κ3) is 2.21. The minimum atomic E-state index is -3.67. The molecule has 0 aliphatic heterocycles. The molecular formula is C10H11NO4S2. The maximum Gasteiger partial charge on any atom is 0.247 e. The lowest BCUT2D eigenvalue weighted by molar-refractivity contribution is 0.356. The minimum Gasteiger partial charge on any atom is -0.493 e. The molecule has 7 heteroatoms. The molecule has 0 aliphatic carbocycles. The van der Waals surface area contributed by atoms with Gasteiger partial charge in [0, 0.05) is 10.8 Å². The van der Waals surface area contributed by atoms with E-state index in [1.165, 1.54) is 20.3 Å². The lowest BCUT2D eigenvalue weighted by Gasteiger charge is -2.06. The molecule has 0 bridgehead atoms. The predicted octanol–water partition coefficient (Wildman–Crippen LogP) is 1.57. The Morgan fingerprint density at radius 2 is 1.71 bits per heavy atom. The maximum atomic E-state index is 11.2. The van der Waals surface area contributed by atoms with E-state index < -0.39 is 10.0 Å². The lowest BCUT2D eigenvalue weighted by Crippen LogP contribution is -2.09. The molecule has 0 radical (unpaired) electrons. The summed E-state index contributed by atoms with van der Waals surface area (Å²) in [5.41, 5.74) is 0. The van der Waals surface area contributed by atoms with Gasteiger partial charge in [0.2, 0.25) is 10.0 Å². The summed E-state index contributed by atoms with van der Waals surface area (Å²) in [5, 5.41) is 5.84. The lowest BCUT2D eigenvalue weighted by atomic mass is 10.2. The maximum absolute atomic E-state index is 11.2. The van der Waals surface area contributed by atoms with Gasteiger partial charge in [-0.1, -0.05) is 0 Å². The van der Waals surface area contributed by atoms with E-state index in [4.69, 9.17) is 14.6 Å². The van der Waals surface area contributed by atoms with Crippen LogP contribution in [0.3, 0.4) is 0 Å². The number of hydrogen-bond acceptors (Lipinski definition) is 5. The zero-order valence-corrected chi connectivity index (χ0v) is 10.9. The average Bonchev–Trinajstić information content (AvgIpc) is 2.69. The third-order valence-corrected chi connectivity index (χ3v) is 4.80. The summed E-state index contributed by atoms with van der Waals surface area (Å²) in [7, 11) is -0.617. The van der Waals surface area contributed by atoms with E-state index in [1.807, 2.05) is 0 Å². The van der Waals surface area contributed by atoms with E-state index >= 15 is 0 Å². The van der Waals surface area contributed by atoms with Gasteiger partial charge in [-0.05, 0) is 17.5 Å². The Labute approximate surface area is 103 Å². The van der Waals surface area contributed by atoms with Crippen molar-refractivity contribution in [2.75, 3.05) is 14.2 Å². The van der Waals surface area contributed by atoms with Gasteiger partial charge in [-0.2, -0.15) is 0 Å². The number of rotatable bonds is 3. The Morgan fingerprint density at radius 1 is 1.12 bits per heavy atom. The zero-order valence-electron chi connectivity index (χ0n) is 9.26. The topological polar surface area (TPSA) is 78.6 Å². The molecule has 0 saturated heterocycles. The van der Waals surface area contributed by atoms with E-state index in [0.29, 0.717) is 11.5 Å². The molecule has 2 rings (SSSR count). The second-order valence-corrected chi connectivity index (χ2v) is 6.23. The van der Waals surface area contributed by atoms with Crippen LogP contribution in [-0.2, 0) is 10.0 Å². The number of nitrogens with two attached hydrogens (primary N) is 1. The molecular weight excluding hydrogens is 262 g/mol. The zero-order chi connectivity index (χ0) is 12.6. The Bertz CT molecular complexity index is 619. The Hall–Kier alpha value is -1.31. The van der Waals surface area contributed by atoms with Crippen LogP contribution in [0.5, 0.6) is 11.5 Å². The number of fused-ring (bicyclic) bond motifs is 1. The molecule has 2 aromatic rings. The molecule has 0 atom stereocenters. The monoisotopic (exact) mass is 273 g/mol. The molecule has 0 aliphatic rings. The molecule has 0 saturated carbocycles. The predicted molar refractivity (Wildman–Crippen MR) is 66.3 cm³/mol.